The molecule has 0 atom stereocenters. The molecule has 0 saturated heterocycles. The Bertz CT molecular complexity index is 189. The summed E-state index contributed by atoms with van der Waals surface area (Å²) < 4.78 is 0. The van der Waals surface area contributed by atoms with E-state index in [4.69, 9.17) is 0 Å². The molecule has 0 spiro atoms. The number of halogens is 1. The molecule has 1 aromatic heterocycles. The number of pyridine rings is 1. The van der Waals surface area contributed by atoms with E-state index in [9.17, 15) is 0 Å². The number of anilines is 1. The monoisotopic (exact) mass is 215 g/mol. The maximum Gasteiger partial charge on any atom is 0.272 e. The van der Waals surface area contributed by atoms with Crippen LogP contribution in [0.25, 0.3) is 0 Å². The minimum Gasteiger partial charge on any atom is -0.274 e. The van der Waals surface area contributed by atoms with E-state index in [-0.39, 0.29) is 0 Å². The number of aromatic amines is 1. The third-order valence-electron chi connectivity index (χ3n) is 1.33. The number of H-pyrrole nitrogens is 1. The molecule has 0 aliphatic heterocycles. The van der Waals surface area contributed by atoms with Crippen molar-refractivity contribution in [3.8, 4) is 0 Å². The van der Waals surface area contributed by atoms with Gasteiger partial charge in [0.2, 0.25) is 0 Å². The molecule has 0 saturated carbocycles. The van der Waals surface area contributed by atoms with Gasteiger partial charge in [0.1, 0.15) is 0 Å². The summed E-state index contributed by atoms with van der Waals surface area (Å²) >= 11 is 3.37. The van der Waals surface area contributed by atoms with Crippen LogP contribution in [0.4, 0.5) is 5.82 Å². The predicted molar refractivity (Wildman–Crippen MR) is 49.9 cm³/mol. The summed E-state index contributed by atoms with van der Waals surface area (Å²) in [5.74, 6) is 1.08. The van der Waals surface area contributed by atoms with Crippen molar-refractivity contribution in [2.24, 2.45) is 0 Å². The van der Waals surface area contributed by atoms with Gasteiger partial charge < -0.3 is 0 Å². The fraction of sp³-hybridized carbons (Fsp3) is 0.375. The standard InChI is InChI=1S/C8H11BrN2/c9-5-3-7-11-8-4-1-2-6-10-8/h1-2,4,6H,3,5,7H2,(H,10,11)/p+1. The number of rotatable bonds is 4. The predicted octanol–water partition coefficient (Wildman–Crippen LogP) is 1.70. The second-order valence-electron chi connectivity index (χ2n) is 2.25. The Kier molecular flexibility index (Phi) is 3.98. The van der Waals surface area contributed by atoms with Gasteiger partial charge >= 0.3 is 0 Å². The topological polar surface area (TPSA) is 26.2 Å². The van der Waals surface area contributed by atoms with Crippen LogP contribution in [-0.2, 0) is 0 Å². The van der Waals surface area contributed by atoms with Gasteiger partial charge in [-0.25, -0.2) is 4.98 Å². The van der Waals surface area contributed by atoms with Gasteiger partial charge in [-0.2, -0.15) is 0 Å². The minimum atomic E-state index is 1.01. The van der Waals surface area contributed by atoms with Gasteiger partial charge in [0.05, 0.1) is 12.7 Å². The maximum absolute atomic E-state index is 3.37. The van der Waals surface area contributed by atoms with Crippen LogP contribution in [0, 0.1) is 0 Å². The summed E-state index contributed by atoms with van der Waals surface area (Å²) in [5, 5.41) is 4.31. The Labute approximate surface area is 75.2 Å². The van der Waals surface area contributed by atoms with Crippen molar-refractivity contribution in [1.82, 2.24) is 0 Å². The molecule has 60 valence electrons. The van der Waals surface area contributed by atoms with E-state index in [0.717, 1.165) is 24.1 Å². The van der Waals surface area contributed by atoms with Crippen molar-refractivity contribution in [2.75, 3.05) is 17.2 Å². The van der Waals surface area contributed by atoms with Gasteiger partial charge in [0, 0.05) is 11.4 Å². The van der Waals surface area contributed by atoms with Crippen LogP contribution >= 0.6 is 15.9 Å². The zero-order valence-corrected chi connectivity index (χ0v) is 7.89. The Balaban J connectivity index is 2.28. The van der Waals surface area contributed by atoms with E-state index in [2.05, 4.69) is 26.2 Å². The number of nitrogens with one attached hydrogen (secondary N) is 2. The number of hydrogen-bond donors (Lipinski definition) is 1. The molecule has 1 rings (SSSR count). The number of hydrogen-bond acceptors (Lipinski definition) is 1. The van der Waals surface area contributed by atoms with Crippen molar-refractivity contribution < 1.29 is 4.98 Å². The van der Waals surface area contributed by atoms with Crippen molar-refractivity contribution in [3.05, 3.63) is 24.4 Å². The third kappa shape index (κ3) is 3.37. The first-order valence-electron chi connectivity index (χ1n) is 3.70. The molecule has 1 heterocycles. The van der Waals surface area contributed by atoms with E-state index in [1.54, 1.807) is 0 Å². The summed E-state index contributed by atoms with van der Waals surface area (Å²) in [6.07, 6.45) is 3.05. The van der Waals surface area contributed by atoms with Crippen LogP contribution in [0.5, 0.6) is 0 Å². The lowest BCUT2D eigenvalue weighted by molar-refractivity contribution is -0.361. The molecular formula is C8H12BrN2+. The van der Waals surface area contributed by atoms with Crippen LogP contribution in [0.2, 0.25) is 0 Å². The zero-order valence-electron chi connectivity index (χ0n) is 6.31. The number of aromatic nitrogens is 1. The SMILES string of the molecule is BrCCCNc1cccc[nH+]1. The summed E-state index contributed by atoms with van der Waals surface area (Å²) in [7, 11) is 0. The zero-order chi connectivity index (χ0) is 7.94. The van der Waals surface area contributed by atoms with Gasteiger partial charge in [-0.15, -0.1) is 0 Å². The molecule has 3 heteroatoms. The summed E-state index contributed by atoms with van der Waals surface area (Å²) in [6.45, 7) is 1.01. The third-order valence-corrected chi connectivity index (χ3v) is 1.90. The first kappa shape index (κ1) is 8.53. The van der Waals surface area contributed by atoms with Gasteiger partial charge in [-0.05, 0) is 12.5 Å². The molecule has 0 aliphatic carbocycles. The van der Waals surface area contributed by atoms with Gasteiger partial charge in [0.25, 0.3) is 5.82 Å². The van der Waals surface area contributed by atoms with Crippen molar-refractivity contribution in [2.45, 2.75) is 6.42 Å². The molecule has 11 heavy (non-hydrogen) atoms. The maximum atomic E-state index is 3.37. The lowest BCUT2D eigenvalue weighted by Gasteiger charge is -1.94. The van der Waals surface area contributed by atoms with Crippen LogP contribution in [0.15, 0.2) is 24.4 Å². The Morgan fingerprint density at radius 2 is 2.36 bits per heavy atom. The normalized spacial score (nSPS) is 9.55. The van der Waals surface area contributed by atoms with Gasteiger partial charge in [-0.1, -0.05) is 22.0 Å². The molecule has 0 unspecified atom stereocenters. The summed E-state index contributed by atoms with van der Waals surface area (Å²) in [5.41, 5.74) is 0. The Morgan fingerprint density at radius 3 is 3.00 bits per heavy atom. The van der Waals surface area contributed by atoms with Crippen LogP contribution in [-0.4, -0.2) is 11.9 Å². The average molecular weight is 216 g/mol. The first-order chi connectivity index (χ1) is 5.43. The van der Waals surface area contributed by atoms with E-state index in [0.29, 0.717) is 0 Å². The molecule has 0 bridgehead atoms. The molecule has 0 radical (unpaired) electrons. The molecular weight excluding hydrogens is 204 g/mol. The highest BCUT2D eigenvalue weighted by Gasteiger charge is 1.95. The lowest BCUT2D eigenvalue weighted by Crippen LogP contribution is -2.12. The van der Waals surface area contributed by atoms with Crippen LogP contribution in [0.1, 0.15) is 6.42 Å². The molecule has 2 N–H and O–H groups in total. The van der Waals surface area contributed by atoms with Crippen molar-refractivity contribution in [3.63, 3.8) is 0 Å². The smallest absolute Gasteiger partial charge is 0.272 e. The largest absolute Gasteiger partial charge is 0.274 e. The number of alkyl halides is 1. The quantitative estimate of drug-likeness (QED) is 0.601. The van der Waals surface area contributed by atoms with E-state index < -0.39 is 0 Å². The average Bonchev–Trinajstić information content (AvgIpc) is 2.07. The molecule has 0 amide bonds. The van der Waals surface area contributed by atoms with Gasteiger partial charge in [0.15, 0.2) is 0 Å². The Morgan fingerprint density at radius 1 is 1.45 bits per heavy atom. The van der Waals surface area contributed by atoms with Crippen LogP contribution < -0.4 is 10.3 Å². The molecule has 0 fully saturated rings. The Hall–Kier alpha value is -0.570. The highest BCUT2D eigenvalue weighted by Crippen LogP contribution is 1.95. The van der Waals surface area contributed by atoms with E-state index in [1.165, 1.54) is 0 Å². The van der Waals surface area contributed by atoms with E-state index >= 15 is 0 Å². The second kappa shape index (κ2) is 5.13. The molecule has 2 nitrogen and oxygen atoms in total. The molecule has 0 aromatic carbocycles. The fourth-order valence-corrected chi connectivity index (χ4v) is 1.07. The lowest BCUT2D eigenvalue weighted by atomic mass is 10.4. The summed E-state index contributed by atoms with van der Waals surface area (Å²) in [4.78, 5) is 3.10. The van der Waals surface area contributed by atoms with Crippen molar-refractivity contribution >= 4 is 21.7 Å². The fourth-order valence-electron chi connectivity index (χ4n) is 0.793. The molecule has 0 aliphatic rings. The highest BCUT2D eigenvalue weighted by atomic mass is 79.9. The molecule has 1 aromatic rings. The van der Waals surface area contributed by atoms with E-state index in [1.807, 2.05) is 24.4 Å². The van der Waals surface area contributed by atoms with Crippen LogP contribution in [0.3, 0.4) is 0 Å². The first-order valence-corrected chi connectivity index (χ1v) is 4.82. The highest BCUT2D eigenvalue weighted by molar-refractivity contribution is 9.09. The second-order valence-corrected chi connectivity index (χ2v) is 3.04. The summed E-state index contributed by atoms with van der Waals surface area (Å²) in [6, 6.07) is 6.00. The van der Waals surface area contributed by atoms with Crippen molar-refractivity contribution in [1.29, 1.82) is 0 Å². The minimum absolute atomic E-state index is 1.01. The van der Waals surface area contributed by atoms with Gasteiger partial charge in [-0.3, -0.25) is 5.32 Å².